The second kappa shape index (κ2) is 50.2. The Balaban J connectivity index is 0.000000230. The third-order valence-corrected chi connectivity index (χ3v) is 22.4. The van der Waals surface area contributed by atoms with Crippen LogP contribution < -0.4 is 47.6 Å². The fourth-order valence-electron chi connectivity index (χ4n) is 10.9. The Morgan fingerprint density at radius 2 is 0.716 bits per heavy atom. The molecule has 49 heteroatoms. The van der Waals surface area contributed by atoms with Gasteiger partial charge < -0.3 is 77.9 Å². The minimum atomic E-state index is -5.08. The number of hydrogen-bond donors (Lipinski definition) is 15. The number of aromatic nitrogens is 2. The number of ether oxygens (including phenoxy) is 5. The molecule has 0 atom stereocenters. The molecule has 0 aliphatic heterocycles. The summed E-state index contributed by atoms with van der Waals surface area (Å²) < 4.78 is 206. The van der Waals surface area contributed by atoms with Crippen molar-refractivity contribution >= 4 is 162 Å². The van der Waals surface area contributed by atoms with Crippen LogP contribution in [0.4, 0.5) is 70.2 Å². The summed E-state index contributed by atoms with van der Waals surface area (Å²) in [7, 11) is 1.35. The van der Waals surface area contributed by atoms with Crippen molar-refractivity contribution in [3.05, 3.63) is 319 Å². The highest BCUT2D eigenvalue weighted by Gasteiger charge is 2.41. The zero-order valence-corrected chi connectivity index (χ0v) is 75.7. The third kappa shape index (κ3) is 35.4. The van der Waals surface area contributed by atoms with Gasteiger partial charge in [0.25, 0.3) is 0 Å². The number of aliphatic carboxylic acids is 5. The minimum absolute atomic E-state index is 0.0552. The number of carboxylic acid groups (broad SMARTS) is 5. The molecular formula is C92H73ClF16N12O16S4. The number of benzene rings is 10. The van der Waals surface area contributed by atoms with Crippen LogP contribution in [-0.4, -0.2) is 138 Å². The number of hydrogen-bond acceptors (Lipinski definition) is 21. The number of rotatable bonds is 21. The van der Waals surface area contributed by atoms with E-state index in [1.165, 1.54) is 58.5 Å². The van der Waals surface area contributed by atoms with Gasteiger partial charge in [-0.25, -0.2) is 37.8 Å². The smallest absolute Gasteiger partial charge is 0.489 e. The summed E-state index contributed by atoms with van der Waals surface area (Å²) >= 11 is 11.7. The van der Waals surface area contributed by atoms with E-state index in [9.17, 15) is 75.0 Å². The predicted molar refractivity (Wildman–Crippen MR) is 498 cm³/mol. The molecule has 15 rings (SSSR count). The molecular weight excluding hydrogens is 2000 g/mol. The Kier molecular flexibility index (Phi) is 39.8. The van der Waals surface area contributed by atoms with Crippen molar-refractivity contribution in [2.45, 2.75) is 57.3 Å². The van der Waals surface area contributed by atoms with Gasteiger partial charge in [0.05, 0.1) is 42.9 Å². The Bertz CT molecular complexity index is 6840. The fourth-order valence-corrected chi connectivity index (χ4v) is 14.9. The van der Waals surface area contributed by atoms with E-state index in [4.69, 9.17) is 141 Å². The van der Waals surface area contributed by atoms with Gasteiger partial charge in [-0.15, -0.1) is 45.3 Å². The number of nitrogens with zero attached hydrogens (tertiary/aromatic N) is 2. The molecule has 740 valence electrons. The van der Waals surface area contributed by atoms with Crippen molar-refractivity contribution in [2.24, 2.45) is 28.7 Å². The Hall–Kier alpha value is -16.2. The lowest BCUT2D eigenvalue weighted by Gasteiger charge is -2.12. The largest absolute Gasteiger partial charge is 0.490 e. The Morgan fingerprint density at radius 1 is 0.362 bits per heavy atom. The maximum Gasteiger partial charge on any atom is 0.490 e. The van der Waals surface area contributed by atoms with E-state index in [1.54, 1.807) is 42.6 Å². The average Bonchev–Trinajstić information content (AvgIpc) is 1.73. The van der Waals surface area contributed by atoms with Crippen LogP contribution in [0.2, 0.25) is 5.02 Å². The lowest BCUT2D eigenvalue weighted by atomic mass is 10.0. The van der Waals surface area contributed by atoms with E-state index in [0.29, 0.717) is 49.1 Å². The molecule has 10 aromatic carbocycles. The number of halogens is 17. The molecule has 0 unspecified atom stereocenters. The van der Waals surface area contributed by atoms with Gasteiger partial charge in [0.1, 0.15) is 84.4 Å². The fraction of sp³-hybridized carbons (Fsp3) is 0.109. The summed E-state index contributed by atoms with van der Waals surface area (Å²) in [4.78, 5) is 59.1. The number of methoxy groups -OCH3 is 1. The second-order valence-electron chi connectivity index (χ2n) is 27.8. The van der Waals surface area contributed by atoms with Crippen LogP contribution in [0.15, 0.2) is 255 Å². The third-order valence-electron chi connectivity index (χ3n) is 17.6. The number of fused-ring (bicyclic) bond motifs is 4. The SMILES string of the molecule is COC(=O)c1cccc(OCc2ccc3cc(C(=N)N)sc3c2)c1.N=C(N)c1cc2cc(-c3ccccc3OCc3ccc(-n4cccn4)cc3)ccc2s1.N=C(N)c1cc2ccc(OCc3ccc(F)c(Cl)c3)cc2s1.N=C(N)c1ccc(COc2ccccc2-c2ccc3sc(C(=N)N)cc3c2)cc1.O=C(O)C(F)(F)F.O=C(O)C(F)(F)F.O=C(O)C(F)(F)F.O=C(O)C(F)(F)F.O=C(O)C(F)(F)F. The van der Waals surface area contributed by atoms with E-state index in [-0.39, 0.29) is 34.2 Å². The van der Waals surface area contributed by atoms with E-state index >= 15 is 0 Å². The molecule has 15 aromatic rings. The highest BCUT2D eigenvalue weighted by Crippen LogP contribution is 2.39. The van der Waals surface area contributed by atoms with Crippen molar-refractivity contribution in [2.75, 3.05) is 7.11 Å². The number of carbonyl (C=O) groups is 6. The summed E-state index contributed by atoms with van der Waals surface area (Å²) in [5.74, 6) is -11.3. The monoisotopic (exact) mass is 2070 g/mol. The van der Waals surface area contributed by atoms with Gasteiger partial charge in [0.15, 0.2) is 0 Å². The zero-order chi connectivity index (χ0) is 105. The highest BCUT2D eigenvalue weighted by atomic mass is 35.5. The molecule has 0 fully saturated rings. The molecule has 0 saturated carbocycles. The molecule has 0 spiro atoms. The maximum atomic E-state index is 13.1. The summed E-state index contributed by atoms with van der Waals surface area (Å²) in [6.07, 6.45) is -21.7. The van der Waals surface area contributed by atoms with Gasteiger partial charge in [-0.3, -0.25) is 27.0 Å². The Labute approximate surface area is 805 Å². The number of carbonyl (C=O) groups excluding carboxylic acids is 1. The summed E-state index contributed by atoms with van der Waals surface area (Å²) in [6, 6.07) is 76.8. The molecule has 28 nitrogen and oxygen atoms in total. The van der Waals surface area contributed by atoms with Crippen LogP contribution in [0.5, 0.6) is 23.0 Å². The molecule has 141 heavy (non-hydrogen) atoms. The van der Waals surface area contributed by atoms with Gasteiger partial charge in [-0.1, -0.05) is 121 Å². The first-order valence-electron chi connectivity index (χ1n) is 38.9. The predicted octanol–water partition coefficient (Wildman–Crippen LogP) is 21.6. The summed E-state index contributed by atoms with van der Waals surface area (Å²) in [5.41, 5.74) is 38.0. The summed E-state index contributed by atoms with van der Waals surface area (Å²) in [5, 5.41) is 82.0. The maximum absolute atomic E-state index is 13.1. The normalized spacial score (nSPS) is 10.9. The van der Waals surface area contributed by atoms with E-state index < -0.39 is 72.5 Å². The zero-order valence-electron chi connectivity index (χ0n) is 71.6. The first-order chi connectivity index (χ1) is 66.0. The Morgan fingerprint density at radius 3 is 1.10 bits per heavy atom. The first kappa shape index (κ1) is 112. The summed E-state index contributed by atoms with van der Waals surface area (Å²) in [6.45, 7) is 1.58. The van der Waals surface area contributed by atoms with Crippen molar-refractivity contribution in [1.29, 1.82) is 27.0 Å². The lowest BCUT2D eigenvalue weighted by Crippen LogP contribution is -2.21. The molecule has 20 N–H and O–H groups in total. The van der Waals surface area contributed by atoms with Gasteiger partial charge in [-0.2, -0.15) is 71.0 Å². The van der Waals surface area contributed by atoms with Crippen molar-refractivity contribution < 1.29 is 148 Å². The number of nitrogens with two attached hydrogens (primary N) is 5. The van der Waals surface area contributed by atoms with Gasteiger partial charge in [0, 0.05) is 47.9 Å². The van der Waals surface area contributed by atoms with Crippen molar-refractivity contribution in [3.63, 3.8) is 0 Å². The molecule has 0 amide bonds. The van der Waals surface area contributed by atoms with E-state index in [2.05, 4.69) is 59.7 Å². The number of carboxylic acids is 5. The number of nitrogens with one attached hydrogen (secondary N) is 5. The molecule has 0 radical (unpaired) electrons. The number of thiophene rings is 4. The van der Waals surface area contributed by atoms with Crippen molar-refractivity contribution in [3.8, 4) is 50.9 Å². The standard InChI is InChI=1S/C25H20N4OS.C23H20N4OS.C18H16N2O3S.C16H12ClFN2OS.5C2HF3O2/c26-25(27)24-15-19-14-18(8-11-23(19)31-24)21-4-1-2-5-22(21)30-16-17-6-9-20(10-7-17)29-13-3-12-28-29;24-22(25)15-7-5-14(6-8-15)13-28-19-4-2-1-3-18(19)16-9-10-20-17(11-16)12-21(29-20)23(26)27;1-22-18(21)13-3-2-4-14(8-13)23-10-11-5-6-12-9-16(17(19)20)24-15(12)7-11;17-12-5-9(1-4-13(12)18)8-21-11-3-2-10-6-15(16(19)20)22-14(10)7-11;5*3-2(4,5)1(6)7/h1-15H,16H2,(H3,26,27);1-12H,13H2,(H3,24,25)(H3,26,27);2-9H,10H2,1H3,(H3,19,20);1-7H,8H2,(H3,19,20);5*(H,6,7). The topological polar surface area (TPSA) is 517 Å². The number of amidine groups is 5. The van der Waals surface area contributed by atoms with Gasteiger partial charge in [0.2, 0.25) is 0 Å². The van der Waals surface area contributed by atoms with E-state index in [1.807, 2.05) is 156 Å². The lowest BCUT2D eigenvalue weighted by molar-refractivity contribution is -0.193. The molecule has 0 aliphatic rings. The molecule has 5 aromatic heterocycles. The van der Waals surface area contributed by atoms with Crippen LogP contribution in [-0.2, 0) is 55.1 Å². The van der Waals surface area contributed by atoms with Crippen LogP contribution >= 0.6 is 56.9 Å². The average molecular weight is 2070 g/mol. The van der Waals surface area contributed by atoms with Crippen LogP contribution in [0, 0.1) is 32.9 Å². The molecule has 0 saturated heterocycles. The van der Waals surface area contributed by atoms with Crippen LogP contribution in [0.1, 0.15) is 57.7 Å². The van der Waals surface area contributed by atoms with Crippen LogP contribution in [0.3, 0.4) is 0 Å². The number of esters is 1. The highest BCUT2D eigenvalue weighted by molar-refractivity contribution is 7.22. The molecule has 5 heterocycles. The quantitative estimate of drug-likeness (QED) is 0.0137. The number of nitrogen functional groups attached to an aromatic ring is 5. The second-order valence-corrected chi connectivity index (χ2v) is 32.6. The molecule has 0 aliphatic carbocycles. The van der Waals surface area contributed by atoms with Gasteiger partial charge in [-0.05, 0) is 188 Å². The minimum Gasteiger partial charge on any atom is -0.489 e. The van der Waals surface area contributed by atoms with Gasteiger partial charge >= 0.3 is 66.7 Å². The number of para-hydroxylation sites is 2. The number of alkyl halides is 15. The molecule has 0 bridgehead atoms. The first-order valence-corrected chi connectivity index (χ1v) is 42.5. The van der Waals surface area contributed by atoms with Crippen molar-refractivity contribution in [1.82, 2.24) is 9.78 Å². The van der Waals surface area contributed by atoms with E-state index in [0.717, 1.165) is 122 Å². The van der Waals surface area contributed by atoms with Crippen LogP contribution in [0.25, 0.3) is 68.3 Å².